The van der Waals surface area contributed by atoms with Gasteiger partial charge in [-0.05, 0) is 31.3 Å². The zero-order chi connectivity index (χ0) is 17.0. The standard InChI is InChI=1S/C16H22ClN5O/c1-3-21(4-2)8-9-22(16(18)19)15(23)14-10-11-12(17)6-5-7-13(11)20-14/h5-7,10,20H,3-4,8-9H2,1-2H3,(H3,18,19). The number of hydrogen-bond donors (Lipinski definition) is 3. The fourth-order valence-electron chi connectivity index (χ4n) is 2.49. The van der Waals surface area contributed by atoms with E-state index in [0.717, 1.165) is 24.0 Å². The molecule has 2 aromatic rings. The summed E-state index contributed by atoms with van der Waals surface area (Å²) in [6, 6.07) is 7.15. The Labute approximate surface area is 140 Å². The van der Waals surface area contributed by atoms with Crippen molar-refractivity contribution in [2.45, 2.75) is 13.8 Å². The highest BCUT2D eigenvalue weighted by atomic mass is 35.5. The number of guanidine groups is 1. The number of rotatable bonds is 6. The summed E-state index contributed by atoms with van der Waals surface area (Å²) in [5.74, 6) is -0.580. The fraction of sp³-hybridized carbons (Fsp3) is 0.375. The molecule has 0 fully saturated rings. The number of carbonyl (C=O) groups excluding carboxylic acids is 1. The predicted octanol–water partition coefficient (Wildman–Crippen LogP) is 2.50. The lowest BCUT2D eigenvalue weighted by atomic mass is 10.2. The molecule has 0 atom stereocenters. The van der Waals surface area contributed by atoms with Gasteiger partial charge in [-0.2, -0.15) is 0 Å². The molecule has 0 radical (unpaired) electrons. The molecule has 1 amide bonds. The highest BCUT2D eigenvalue weighted by Gasteiger charge is 2.21. The van der Waals surface area contributed by atoms with E-state index in [1.54, 1.807) is 12.1 Å². The molecule has 0 aliphatic rings. The average molecular weight is 336 g/mol. The first-order chi connectivity index (χ1) is 11.0. The van der Waals surface area contributed by atoms with Crippen LogP contribution in [0.2, 0.25) is 5.02 Å². The van der Waals surface area contributed by atoms with Crippen molar-refractivity contribution in [1.82, 2.24) is 14.8 Å². The molecule has 7 heteroatoms. The molecule has 0 aliphatic heterocycles. The maximum atomic E-state index is 12.7. The summed E-state index contributed by atoms with van der Waals surface area (Å²) in [6.07, 6.45) is 0. The van der Waals surface area contributed by atoms with E-state index in [4.69, 9.17) is 22.7 Å². The normalized spacial score (nSPS) is 11.1. The summed E-state index contributed by atoms with van der Waals surface area (Å²) in [4.78, 5) is 19.2. The van der Waals surface area contributed by atoms with Crippen molar-refractivity contribution in [2.75, 3.05) is 26.2 Å². The number of nitrogens with one attached hydrogen (secondary N) is 2. The van der Waals surface area contributed by atoms with E-state index in [9.17, 15) is 4.79 Å². The minimum absolute atomic E-state index is 0.257. The van der Waals surface area contributed by atoms with E-state index >= 15 is 0 Å². The highest BCUT2D eigenvalue weighted by Crippen LogP contribution is 2.24. The Hall–Kier alpha value is -2.05. The summed E-state index contributed by atoms with van der Waals surface area (Å²) in [5.41, 5.74) is 6.76. The third kappa shape index (κ3) is 3.83. The number of aromatic nitrogens is 1. The summed E-state index contributed by atoms with van der Waals surface area (Å²) in [7, 11) is 0. The van der Waals surface area contributed by atoms with E-state index in [1.165, 1.54) is 4.90 Å². The Kier molecular flexibility index (Phi) is 5.63. The monoisotopic (exact) mass is 335 g/mol. The molecule has 124 valence electrons. The van der Waals surface area contributed by atoms with Crippen molar-refractivity contribution in [1.29, 1.82) is 5.41 Å². The van der Waals surface area contributed by atoms with Gasteiger partial charge < -0.3 is 15.6 Å². The Morgan fingerprint density at radius 1 is 1.30 bits per heavy atom. The quantitative estimate of drug-likeness (QED) is 0.559. The number of carbonyl (C=O) groups is 1. The smallest absolute Gasteiger partial charge is 0.277 e. The van der Waals surface area contributed by atoms with Gasteiger partial charge in [0, 0.05) is 29.0 Å². The zero-order valence-corrected chi connectivity index (χ0v) is 14.2. The molecule has 0 spiro atoms. The number of hydrogen-bond acceptors (Lipinski definition) is 3. The van der Waals surface area contributed by atoms with Crippen LogP contribution in [-0.4, -0.2) is 52.8 Å². The average Bonchev–Trinajstić information content (AvgIpc) is 2.96. The van der Waals surface area contributed by atoms with E-state index < -0.39 is 0 Å². The number of likely N-dealkylation sites (N-methyl/N-ethyl adjacent to an activating group) is 1. The van der Waals surface area contributed by atoms with Crippen LogP contribution in [0.1, 0.15) is 24.3 Å². The van der Waals surface area contributed by atoms with Crippen LogP contribution in [0.4, 0.5) is 0 Å². The molecule has 0 saturated heterocycles. The van der Waals surface area contributed by atoms with Crippen LogP contribution < -0.4 is 5.73 Å². The molecule has 0 bridgehead atoms. The van der Waals surface area contributed by atoms with E-state index in [1.807, 2.05) is 12.1 Å². The van der Waals surface area contributed by atoms with Crippen molar-refractivity contribution >= 4 is 34.4 Å². The predicted molar refractivity (Wildman–Crippen MR) is 94.0 cm³/mol. The minimum atomic E-state index is -0.322. The number of nitrogens with zero attached hydrogens (tertiary/aromatic N) is 2. The van der Waals surface area contributed by atoms with Gasteiger partial charge in [0.15, 0.2) is 5.96 Å². The molecule has 1 aromatic carbocycles. The summed E-state index contributed by atoms with van der Waals surface area (Å²) >= 11 is 6.14. The number of aromatic amines is 1. The van der Waals surface area contributed by atoms with Crippen molar-refractivity contribution in [3.63, 3.8) is 0 Å². The minimum Gasteiger partial charge on any atom is -0.370 e. The third-order valence-corrected chi connectivity index (χ3v) is 4.24. The van der Waals surface area contributed by atoms with Crippen LogP contribution in [0.25, 0.3) is 10.9 Å². The first-order valence-corrected chi connectivity index (χ1v) is 8.01. The zero-order valence-electron chi connectivity index (χ0n) is 13.4. The van der Waals surface area contributed by atoms with Gasteiger partial charge in [0.05, 0.1) is 0 Å². The van der Waals surface area contributed by atoms with Gasteiger partial charge in [0.1, 0.15) is 5.69 Å². The molecule has 2 rings (SSSR count). The molecule has 0 unspecified atom stereocenters. The van der Waals surface area contributed by atoms with Crippen LogP contribution in [-0.2, 0) is 0 Å². The molecule has 23 heavy (non-hydrogen) atoms. The molecular formula is C16H22ClN5O. The van der Waals surface area contributed by atoms with Gasteiger partial charge in [-0.3, -0.25) is 15.1 Å². The largest absolute Gasteiger partial charge is 0.370 e. The van der Waals surface area contributed by atoms with Crippen LogP contribution in [0.3, 0.4) is 0 Å². The lowest BCUT2D eigenvalue weighted by Gasteiger charge is -2.24. The second kappa shape index (κ2) is 7.48. The Morgan fingerprint density at radius 2 is 2.00 bits per heavy atom. The van der Waals surface area contributed by atoms with Crippen LogP contribution in [0.5, 0.6) is 0 Å². The van der Waals surface area contributed by atoms with E-state index in [2.05, 4.69) is 23.7 Å². The first-order valence-electron chi connectivity index (χ1n) is 7.63. The van der Waals surface area contributed by atoms with Gasteiger partial charge >= 0.3 is 0 Å². The fourth-order valence-corrected chi connectivity index (χ4v) is 2.72. The van der Waals surface area contributed by atoms with Gasteiger partial charge in [-0.25, -0.2) is 0 Å². The van der Waals surface area contributed by atoms with Gasteiger partial charge in [0.2, 0.25) is 0 Å². The lowest BCUT2D eigenvalue weighted by molar-refractivity contribution is 0.0828. The van der Waals surface area contributed by atoms with Gasteiger partial charge in [-0.15, -0.1) is 0 Å². The number of amides is 1. The summed E-state index contributed by atoms with van der Waals surface area (Å²) in [6.45, 7) is 6.93. The van der Waals surface area contributed by atoms with E-state index in [-0.39, 0.29) is 11.9 Å². The third-order valence-electron chi connectivity index (χ3n) is 3.91. The number of benzene rings is 1. The topological polar surface area (TPSA) is 89.2 Å². The Morgan fingerprint density at radius 3 is 2.57 bits per heavy atom. The molecule has 1 heterocycles. The van der Waals surface area contributed by atoms with Crippen molar-refractivity contribution in [2.24, 2.45) is 5.73 Å². The van der Waals surface area contributed by atoms with Crippen LogP contribution >= 0.6 is 11.6 Å². The molecule has 6 nitrogen and oxygen atoms in total. The molecular weight excluding hydrogens is 314 g/mol. The van der Waals surface area contributed by atoms with Crippen molar-refractivity contribution in [3.05, 3.63) is 35.0 Å². The molecule has 0 saturated carbocycles. The SMILES string of the molecule is CCN(CC)CCN(C(=N)N)C(=O)c1cc2c(Cl)cccc2[nH]1. The number of halogens is 1. The number of nitrogens with two attached hydrogens (primary N) is 1. The van der Waals surface area contributed by atoms with Crippen LogP contribution in [0.15, 0.2) is 24.3 Å². The Balaban J connectivity index is 2.22. The van der Waals surface area contributed by atoms with Crippen LogP contribution in [0, 0.1) is 5.41 Å². The Bertz CT molecular complexity index is 708. The maximum absolute atomic E-state index is 12.7. The lowest BCUT2D eigenvalue weighted by Crippen LogP contribution is -2.45. The second-order valence-corrected chi connectivity index (χ2v) is 5.66. The number of fused-ring (bicyclic) bond motifs is 1. The van der Waals surface area contributed by atoms with Crippen molar-refractivity contribution < 1.29 is 4.79 Å². The van der Waals surface area contributed by atoms with Gasteiger partial charge in [0.25, 0.3) is 5.91 Å². The molecule has 1 aromatic heterocycles. The summed E-state index contributed by atoms with van der Waals surface area (Å²) in [5, 5.41) is 9.05. The molecule has 4 N–H and O–H groups in total. The molecule has 0 aliphatic carbocycles. The highest BCUT2D eigenvalue weighted by molar-refractivity contribution is 6.35. The summed E-state index contributed by atoms with van der Waals surface area (Å²) < 4.78 is 0. The first kappa shape index (κ1) is 17.3. The van der Waals surface area contributed by atoms with Crippen molar-refractivity contribution in [3.8, 4) is 0 Å². The second-order valence-electron chi connectivity index (χ2n) is 5.25. The van der Waals surface area contributed by atoms with E-state index in [0.29, 0.717) is 23.8 Å². The maximum Gasteiger partial charge on any atom is 0.277 e. The number of H-pyrrole nitrogens is 1. The van der Waals surface area contributed by atoms with Gasteiger partial charge in [-0.1, -0.05) is 31.5 Å².